The van der Waals surface area contributed by atoms with Gasteiger partial charge in [0, 0.05) is 12.5 Å². The van der Waals surface area contributed by atoms with Gasteiger partial charge in [-0.1, -0.05) is 37.1 Å². The first-order valence-corrected chi connectivity index (χ1v) is 6.97. The molecule has 0 radical (unpaired) electrons. The molecule has 0 aliphatic carbocycles. The summed E-state index contributed by atoms with van der Waals surface area (Å²) in [7, 11) is 0. The van der Waals surface area contributed by atoms with Gasteiger partial charge in [-0.3, -0.25) is 4.79 Å². The molecule has 1 aromatic carbocycles. The molecule has 0 saturated heterocycles. The maximum Gasteiger partial charge on any atom is 0.326 e. The van der Waals surface area contributed by atoms with Gasteiger partial charge >= 0.3 is 6.03 Å². The van der Waals surface area contributed by atoms with E-state index < -0.39 is 11.9 Å². The summed E-state index contributed by atoms with van der Waals surface area (Å²) >= 11 is 5.99. The number of primary amides is 1. The molecular formula is C14H20ClN3O2. The van der Waals surface area contributed by atoms with Crippen LogP contribution in [0.4, 0.5) is 10.5 Å². The number of anilines is 1. The van der Waals surface area contributed by atoms with E-state index in [0.717, 1.165) is 17.7 Å². The molecule has 0 aromatic heterocycles. The zero-order valence-electron chi connectivity index (χ0n) is 11.5. The molecule has 1 aromatic rings. The van der Waals surface area contributed by atoms with Gasteiger partial charge in [0.25, 0.3) is 0 Å². The molecule has 6 heteroatoms. The largest absolute Gasteiger partial charge is 0.351 e. The van der Waals surface area contributed by atoms with Gasteiger partial charge in [-0.2, -0.15) is 0 Å². The van der Waals surface area contributed by atoms with Crippen LogP contribution in [0.25, 0.3) is 0 Å². The third-order valence-corrected chi connectivity index (χ3v) is 3.27. The zero-order chi connectivity index (χ0) is 15.1. The van der Waals surface area contributed by atoms with E-state index in [9.17, 15) is 9.59 Å². The first-order valence-electron chi connectivity index (χ1n) is 6.59. The molecule has 0 saturated carbocycles. The SMILES string of the molecule is CCC[C@@H](N)CCC(=O)N(C(N)=O)c1ccccc1Cl. The summed E-state index contributed by atoms with van der Waals surface area (Å²) in [5.41, 5.74) is 11.4. The van der Waals surface area contributed by atoms with Gasteiger partial charge in [-0.15, -0.1) is 0 Å². The number of carbonyl (C=O) groups excluding carboxylic acids is 2. The van der Waals surface area contributed by atoms with E-state index in [0.29, 0.717) is 17.1 Å². The van der Waals surface area contributed by atoms with Crippen LogP contribution >= 0.6 is 11.6 Å². The highest BCUT2D eigenvalue weighted by Gasteiger charge is 2.23. The smallest absolute Gasteiger partial charge is 0.326 e. The molecule has 1 atom stereocenters. The Bertz CT molecular complexity index is 479. The predicted octanol–water partition coefficient (Wildman–Crippen LogP) is 2.66. The van der Waals surface area contributed by atoms with E-state index in [2.05, 4.69) is 0 Å². The second-order valence-electron chi connectivity index (χ2n) is 4.61. The van der Waals surface area contributed by atoms with Crippen molar-refractivity contribution in [3.05, 3.63) is 29.3 Å². The molecule has 1 rings (SSSR count). The molecule has 3 amide bonds. The van der Waals surface area contributed by atoms with Gasteiger partial charge < -0.3 is 11.5 Å². The fourth-order valence-corrected chi connectivity index (χ4v) is 2.17. The molecule has 20 heavy (non-hydrogen) atoms. The van der Waals surface area contributed by atoms with Gasteiger partial charge in [0.05, 0.1) is 10.7 Å². The van der Waals surface area contributed by atoms with Crippen LogP contribution in [-0.2, 0) is 4.79 Å². The number of nitrogens with two attached hydrogens (primary N) is 2. The number of nitrogens with zero attached hydrogens (tertiary/aromatic N) is 1. The molecule has 0 aliphatic rings. The van der Waals surface area contributed by atoms with Crippen LogP contribution in [0.2, 0.25) is 5.02 Å². The number of para-hydroxylation sites is 1. The third-order valence-electron chi connectivity index (χ3n) is 2.95. The number of benzene rings is 1. The van der Waals surface area contributed by atoms with Crippen molar-refractivity contribution >= 4 is 29.2 Å². The van der Waals surface area contributed by atoms with Crippen LogP contribution in [0.3, 0.4) is 0 Å². The first-order chi connectivity index (χ1) is 9.47. The fourth-order valence-electron chi connectivity index (χ4n) is 1.94. The number of urea groups is 1. The van der Waals surface area contributed by atoms with Gasteiger partial charge in [-0.05, 0) is 25.0 Å². The monoisotopic (exact) mass is 297 g/mol. The van der Waals surface area contributed by atoms with E-state index >= 15 is 0 Å². The predicted molar refractivity (Wildman–Crippen MR) is 80.6 cm³/mol. The van der Waals surface area contributed by atoms with Gasteiger partial charge in [0.1, 0.15) is 0 Å². The topological polar surface area (TPSA) is 89.4 Å². The average molecular weight is 298 g/mol. The quantitative estimate of drug-likeness (QED) is 0.846. The van der Waals surface area contributed by atoms with E-state index in [1.165, 1.54) is 0 Å². The lowest BCUT2D eigenvalue weighted by Crippen LogP contribution is -2.41. The van der Waals surface area contributed by atoms with Crippen molar-refractivity contribution < 1.29 is 9.59 Å². The number of imide groups is 1. The lowest BCUT2D eigenvalue weighted by molar-refractivity contribution is -0.118. The normalized spacial score (nSPS) is 11.9. The summed E-state index contributed by atoms with van der Waals surface area (Å²) in [6, 6.07) is 5.69. The van der Waals surface area contributed by atoms with E-state index in [1.807, 2.05) is 6.92 Å². The summed E-state index contributed by atoms with van der Waals surface area (Å²) in [6.45, 7) is 2.03. The van der Waals surface area contributed by atoms with E-state index in [-0.39, 0.29) is 12.5 Å². The standard InChI is InChI=1S/C14H20ClN3O2/c1-2-5-10(16)8-9-13(19)18(14(17)20)12-7-4-3-6-11(12)15/h3-4,6-7,10H,2,5,8-9,16H2,1H3,(H2,17,20)/t10-/m1/s1. The van der Waals surface area contributed by atoms with Crippen molar-refractivity contribution in [1.82, 2.24) is 0 Å². The second-order valence-corrected chi connectivity index (χ2v) is 5.01. The fraction of sp³-hybridized carbons (Fsp3) is 0.429. The van der Waals surface area contributed by atoms with Gasteiger partial charge in [-0.25, -0.2) is 9.69 Å². The molecule has 5 nitrogen and oxygen atoms in total. The van der Waals surface area contributed by atoms with Crippen LogP contribution in [0.1, 0.15) is 32.6 Å². The zero-order valence-corrected chi connectivity index (χ0v) is 12.3. The lowest BCUT2D eigenvalue weighted by Gasteiger charge is -2.20. The Kier molecular flexibility index (Phi) is 6.48. The highest BCUT2D eigenvalue weighted by Crippen LogP contribution is 2.26. The van der Waals surface area contributed by atoms with Crippen molar-refractivity contribution in [3.8, 4) is 0 Å². The summed E-state index contributed by atoms with van der Waals surface area (Å²) in [5, 5.41) is 0.303. The average Bonchev–Trinajstić information content (AvgIpc) is 2.39. The molecule has 0 unspecified atom stereocenters. The first kappa shape index (κ1) is 16.5. The summed E-state index contributed by atoms with van der Waals surface area (Å²) < 4.78 is 0. The third kappa shape index (κ3) is 4.51. The molecular weight excluding hydrogens is 278 g/mol. The number of rotatable bonds is 6. The highest BCUT2D eigenvalue weighted by molar-refractivity contribution is 6.35. The Morgan fingerprint density at radius 2 is 1.95 bits per heavy atom. The number of hydrogen-bond acceptors (Lipinski definition) is 3. The van der Waals surface area contributed by atoms with Crippen molar-refractivity contribution in [2.75, 3.05) is 4.90 Å². The molecule has 0 bridgehead atoms. The maximum absolute atomic E-state index is 12.2. The van der Waals surface area contributed by atoms with Gasteiger partial charge in [0.15, 0.2) is 0 Å². The summed E-state index contributed by atoms with van der Waals surface area (Å²) in [6.07, 6.45) is 2.48. The van der Waals surface area contributed by atoms with Crippen LogP contribution in [0.15, 0.2) is 24.3 Å². The Labute approximate surface area is 123 Å². The van der Waals surface area contributed by atoms with Crippen LogP contribution < -0.4 is 16.4 Å². The van der Waals surface area contributed by atoms with Crippen LogP contribution in [-0.4, -0.2) is 18.0 Å². The minimum atomic E-state index is -0.841. The van der Waals surface area contributed by atoms with Crippen LogP contribution in [0, 0.1) is 0 Å². The number of carbonyl (C=O) groups is 2. The highest BCUT2D eigenvalue weighted by atomic mass is 35.5. The van der Waals surface area contributed by atoms with E-state index in [1.54, 1.807) is 24.3 Å². The minimum absolute atomic E-state index is 0.0510. The van der Waals surface area contributed by atoms with E-state index in [4.69, 9.17) is 23.1 Å². The summed E-state index contributed by atoms with van der Waals surface area (Å²) in [4.78, 5) is 24.6. The number of hydrogen-bond donors (Lipinski definition) is 2. The molecule has 4 N–H and O–H groups in total. The Balaban J connectivity index is 2.80. The van der Waals surface area contributed by atoms with Crippen molar-refractivity contribution in [3.63, 3.8) is 0 Å². The molecule has 0 spiro atoms. The molecule has 0 heterocycles. The second kappa shape index (κ2) is 7.87. The Hall–Kier alpha value is -1.59. The molecule has 0 aliphatic heterocycles. The molecule has 110 valence electrons. The Morgan fingerprint density at radius 1 is 1.30 bits per heavy atom. The maximum atomic E-state index is 12.2. The number of amides is 3. The Morgan fingerprint density at radius 3 is 2.50 bits per heavy atom. The van der Waals surface area contributed by atoms with Crippen molar-refractivity contribution in [1.29, 1.82) is 0 Å². The van der Waals surface area contributed by atoms with Gasteiger partial charge in [0.2, 0.25) is 5.91 Å². The lowest BCUT2D eigenvalue weighted by atomic mass is 10.1. The minimum Gasteiger partial charge on any atom is -0.351 e. The van der Waals surface area contributed by atoms with Crippen LogP contribution in [0.5, 0.6) is 0 Å². The number of halogens is 1. The van der Waals surface area contributed by atoms with Crippen molar-refractivity contribution in [2.24, 2.45) is 11.5 Å². The molecule has 0 fully saturated rings. The summed E-state index contributed by atoms with van der Waals surface area (Å²) in [5.74, 6) is -0.392. The van der Waals surface area contributed by atoms with Crippen molar-refractivity contribution in [2.45, 2.75) is 38.6 Å².